The SMILES string of the molecule is CCc1cccc(C)c1-n1c(C)cc([C@@H]2[C@H](c3ccccn3)NC(=S)N2CCCN(C)C)c1C. The minimum Gasteiger partial charge on any atom is -0.352 e. The Morgan fingerprint density at radius 2 is 1.88 bits per heavy atom. The van der Waals surface area contributed by atoms with Crippen molar-refractivity contribution in [3.8, 4) is 5.69 Å². The fourth-order valence-electron chi connectivity index (χ4n) is 5.30. The van der Waals surface area contributed by atoms with Gasteiger partial charge >= 0.3 is 0 Å². The summed E-state index contributed by atoms with van der Waals surface area (Å²) < 4.78 is 2.44. The quantitative estimate of drug-likeness (QED) is 0.448. The number of hydrogen-bond donors (Lipinski definition) is 1. The van der Waals surface area contributed by atoms with Crippen LogP contribution in [0.15, 0.2) is 48.7 Å². The third kappa shape index (κ3) is 4.62. The number of para-hydroxylation sites is 1. The molecule has 2 aromatic heterocycles. The molecular weight excluding hydrogens is 438 g/mol. The maximum atomic E-state index is 5.88. The van der Waals surface area contributed by atoms with Crippen molar-refractivity contribution in [2.45, 2.75) is 52.6 Å². The second-order valence-electron chi connectivity index (χ2n) is 9.57. The van der Waals surface area contributed by atoms with E-state index in [1.165, 1.54) is 33.8 Å². The van der Waals surface area contributed by atoms with Crippen molar-refractivity contribution in [1.29, 1.82) is 0 Å². The molecule has 1 fully saturated rings. The molecule has 0 unspecified atom stereocenters. The number of hydrogen-bond acceptors (Lipinski definition) is 3. The Morgan fingerprint density at radius 1 is 1.09 bits per heavy atom. The summed E-state index contributed by atoms with van der Waals surface area (Å²) >= 11 is 5.88. The van der Waals surface area contributed by atoms with E-state index in [0.717, 1.165) is 36.7 Å². The van der Waals surface area contributed by atoms with Crippen LogP contribution >= 0.6 is 12.2 Å². The average Bonchev–Trinajstić information content (AvgIpc) is 3.29. The first kappa shape index (κ1) is 24.4. The third-order valence-corrected chi connectivity index (χ3v) is 7.27. The number of aryl methyl sites for hydroxylation is 3. The average molecular weight is 476 g/mol. The lowest BCUT2D eigenvalue weighted by Crippen LogP contribution is -2.32. The monoisotopic (exact) mass is 475 g/mol. The van der Waals surface area contributed by atoms with Gasteiger partial charge in [-0.25, -0.2) is 0 Å². The van der Waals surface area contributed by atoms with E-state index in [0.29, 0.717) is 0 Å². The summed E-state index contributed by atoms with van der Waals surface area (Å²) in [4.78, 5) is 9.32. The smallest absolute Gasteiger partial charge is 0.170 e. The molecule has 1 aliphatic rings. The normalized spacial score (nSPS) is 18.1. The van der Waals surface area contributed by atoms with Crippen molar-refractivity contribution < 1.29 is 0 Å². The lowest BCUT2D eigenvalue weighted by atomic mass is 9.96. The van der Waals surface area contributed by atoms with Gasteiger partial charge in [0.05, 0.1) is 23.5 Å². The maximum Gasteiger partial charge on any atom is 0.170 e. The Morgan fingerprint density at radius 3 is 2.56 bits per heavy atom. The van der Waals surface area contributed by atoms with E-state index in [2.05, 4.69) is 97.9 Å². The van der Waals surface area contributed by atoms with Gasteiger partial charge in [-0.2, -0.15) is 0 Å². The van der Waals surface area contributed by atoms with Gasteiger partial charge in [0.1, 0.15) is 0 Å². The Kier molecular flexibility index (Phi) is 7.39. The molecule has 3 aromatic rings. The Balaban J connectivity index is 1.82. The second kappa shape index (κ2) is 10.3. The van der Waals surface area contributed by atoms with Crippen LogP contribution in [0, 0.1) is 20.8 Å². The first-order valence-electron chi connectivity index (χ1n) is 12.2. The Hall–Kier alpha value is -2.70. The van der Waals surface area contributed by atoms with Crippen LogP contribution in [0.5, 0.6) is 0 Å². The van der Waals surface area contributed by atoms with Crippen LogP contribution in [0.2, 0.25) is 0 Å². The lowest BCUT2D eigenvalue weighted by molar-refractivity contribution is 0.292. The lowest BCUT2D eigenvalue weighted by Gasteiger charge is -2.28. The van der Waals surface area contributed by atoms with Crippen LogP contribution in [-0.2, 0) is 6.42 Å². The standard InChI is InChI=1S/C28H37N5S/c1-7-22-13-10-12-19(2)26(22)33-20(3)18-23(21(33)4)27-25(24-14-8-9-15-29-24)30-28(34)32(27)17-11-16-31(5)6/h8-10,12-15,18,25,27H,7,11,16-17H2,1-6H3,(H,30,34)/t25-,27+/m0/s1. The molecule has 1 saturated heterocycles. The fourth-order valence-corrected chi connectivity index (χ4v) is 5.63. The van der Waals surface area contributed by atoms with Crippen molar-refractivity contribution >= 4 is 17.3 Å². The van der Waals surface area contributed by atoms with E-state index in [1.807, 2.05) is 12.3 Å². The van der Waals surface area contributed by atoms with Crippen LogP contribution in [0.25, 0.3) is 5.69 Å². The molecule has 1 aromatic carbocycles. The molecule has 4 rings (SSSR count). The molecule has 0 radical (unpaired) electrons. The van der Waals surface area contributed by atoms with E-state index in [4.69, 9.17) is 17.2 Å². The molecule has 180 valence electrons. The number of nitrogens with zero attached hydrogens (tertiary/aromatic N) is 4. The number of nitrogens with one attached hydrogen (secondary N) is 1. The minimum atomic E-state index is 0.0181. The molecule has 3 heterocycles. The summed E-state index contributed by atoms with van der Waals surface area (Å²) in [6.07, 6.45) is 3.93. The van der Waals surface area contributed by atoms with Crippen molar-refractivity contribution in [2.24, 2.45) is 0 Å². The van der Waals surface area contributed by atoms with Crippen LogP contribution in [0.3, 0.4) is 0 Å². The van der Waals surface area contributed by atoms with E-state index >= 15 is 0 Å². The number of pyridine rings is 1. The van der Waals surface area contributed by atoms with Gasteiger partial charge in [0.2, 0.25) is 0 Å². The van der Waals surface area contributed by atoms with Gasteiger partial charge in [-0.05, 0) is 101 Å². The molecule has 1 N–H and O–H groups in total. The molecule has 0 bridgehead atoms. The van der Waals surface area contributed by atoms with Crippen LogP contribution < -0.4 is 5.32 Å². The second-order valence-corrected chi connectivity index (χ2v) is 9.96. The Bertz CT molecular complexity index is 1150. The summed E-state index contributed by atoms with van der Waals surface area (Å²) in [7, 11) is 4.24. The van der Waals surface area contributed by atoms with Crippen LogP contribution in [0.4, 0.5) is 0 Å². The molecule has 2 atom stereocenters. The number of thiocarbonyl (C=S) groups is 1. The summed E-state index contributed by atoms with van der Waals surface area (Å²) in [5.74, 6) is 0. The van der Waals surface area contributed by atoms with E-state index in [1.54, 1.807) is 0 Å². The van der Waals surface area contributed by atoms with Crippen LogP contribution in [0.1, 0.15) is 59.2 Å². The van der Waals surface area contributed by atoms with Crippen LogP contribution in [-0.4, -0.2) is 51.6 Å². The van der Waals surface area contributed by atoms with Gasteiger partial charge < -0.3 is 19.7 Å². The highest BCUT2D eigenvalue weighted by molar-refractivity contribution is 7.80. The summed E-state index contributed by atoms with van der Waals surface area (Å²) in [5.41, 5.74) is 8.86. The molecule has 34 heavy (non-hydrogen) atoms. The number of benzene rings is 1. The zero-order chi connectivity index (χ0) is 24.4. The summed E-state index contributed by atoms with van der Waals surface area (Å²) in [6, 6.07) is 15.2. The van der Waals surface area contributed by atoms with Gasteiger partial charge in [0.25, 0.3) is 0 Å². The van der Waals surface area contributed by atoms with Gasteiger partial charge in [0.15, 0.2) is 5.11 Å². The molecular formula is C28H37N5S. The largest absolute Gasteiger partial charge is 0.352 e. The van der Waals surface area contributed by atoms with Crippen molar-refractivity contribution in [3.05, 3.63) is 82.4 Å². The van der Waals surface area contributed by atoms with Gasteiger partial charge in [-0.1, -0.05) is 31.2 Å². The minimum absolute atomic E-state index is 0.0181. The van der Waals surface area contributed by atoms with Gasteiger partial charge in [-0.3, -0.25) is 4.98 Å². The highest BCUT2D eigenvalue weighted by atomic mass is 32.1. The predicted octanol–water partition coefficient (Wildman–Crippen LogP) is 5.28. The third-order valence-electron chi connectivity index (χ3n) is 6.92. The van der Waals surface area contributed by atoms with Gasteiger partial charge in [0, 0.05) is 24.1 Å². The van der Waals surface area contributed by atoms with E-state index in [-0.39, 0.29) is 12.1 Å². The number of aromatic nitrogens is 2. The molecule has 6 heteroatoms. The predicted molar refractivity (Wildman–Crippen MR) is 145 cm³/mol. The molecule has 5 nitrogen and oxygen atoms in total. The highest BCUT2D eigenvalue weighted by Crippen LogP contribution is 2.42. The first-order valence-corrected chi connectivity index (χ1v) is 12.6. The molecule has 0 spiro atoms. The van der Waals surface area contributed by atoms with E-state index in [9.17, 15) is 0 Å². The van der Waals surface area contributed by atoms with Crippen molar-refractivity contribution in [2.75, 3.05) is 27.2 Å². The Labute approximate surface area is 209 Å². The zero-order valence-electron chi connectivity index (χ0n) is 21.3. The first-order chi connectivity index (χ1) is 16.3. The highest BCUT2D eigenvalue weighted by Gasteiger charge is 2.41. The molecule has 0 saturated carbocycles. The zero-order valence-corrected chi connectivity index (χ0v) is 22.1. The fraction of sp³-hybridized carbons (Fsp3) is 0.429. The van der Waals surface area contributed by atoms with Crippen molar-refractivity contribution in [1.82, 2.24) is 24.7 Å². The maximum absolute atomic E-state index is 5.88. The van der Waals surface area contributed by atoms with Crippen molar-refractivity contribution in [3.63, 3.8) is 0 Å². The number of rotatable bonds is 8. The molecule has 0 aliphatic carbocycles. The van der Waals surface area contributed by atoms with E-state index < -0.39 is 0 Å². The molecule has 0 amide bonds. The summed E-state index contributed by atoms with van der Waals surface area (Å²) in [6.45, 7) is 10.9. The molecule has 1 aliphatic heterocycles. The topological polar surface area (TPSA) is 36.3 Å². The van der Waals surface area contributed by atoms with Gasteiger partial charge in [-0.15, -0.1) is 0 Å². The summed E-state index contributed by atoms with van der Waals surface area (Å²) in [5, 5.41) is 4.42.